The minimum absolute atomic E-state index is 0.0137. The molecule has 2 aromatic carbocycles. The van der Waals surface area contributed by atoms with Gasteiger partial charge in [0.1, 0.15) is 18.1 Å². The van der Waals surface area contributed by atoms with Gasteiger partial charge in [0.25, 0.3) is 0 Å². The van der Waals surface area contributed by atoms with Crippen LogP contribution < -0.4 is 14.4 Å². The van der Waals surface area contributed by atoms with Gasteiger partial charge in [0, 0.05) is 23.9 Å². The van der Waals surface area contributed by atoms with Crippen LogP contribution in [-0.2, 0) is 27.4 Å². The number of anilines is 2. The summed E-state index contributed by atoms with van der Waals surface area (Å²) in [4.78, 5) is 30.8. The molecule has 0 aliphatic heterocycles. The van der Waals surface area contributed by atoms with Gasteiger partial charge in [0.05, 0.1) is 37.0 Å². The number of halogens is 1. The Morgan fingerprint density at radius 2 is 1.88 bits per heavy atom. The molecule has 33 heavy (non-hydrogen) atoms. The minimum atomic E-state index is -0.422. The van der Waals surface area contributed by atoms with E-state index in [1.54, 1.807) is 30.7 Å². The lowest BCUT2D eigenvalue weighted by atomic mass is 10.1. The Bertz CT molecular complexity index is 1150. The van der Waals surface area contributed by atoms with Gasteiger partial charge in [-0.25, -0.2) is 4.98 Å². The molecule has 7 nitrogen and oxygen atoms in total. The molecule has 174 valence electrons. The normalized spacial score (nSPS) is 10.6. The number of ether oxygens (including phenoxy) is 3. The van der Waals surface area contributed by atoms with Gasteiger partial charge in [-0.2, -0.15) is 0 Å². The van der Waals surface area contributed by atoms with Gasteiger partial charge in [0.15, 0.2) is 5.13 Å². The second-order valence-electron chi connectivity index (χ2n) is 7.40. The van der Waals surface area contributed by atoms with Gasteiger partial charge in [-0.3, -0.25) is 14.5 Å². The molecule has 0 radical (unpaired) electrons. The Hall–Kier alpha value is -3.10. The second-order valence-corrected chi connectivity index (χ2v) is 8.65. The Morgan fingerprint density at radius 1 is 1.12 bits per heavy atom. The third-order valence-electron chi connectivity index (χ3n) is 4.88. The van der Waals surface area contributed by atoms with Crippen LogP contribution in [-0.4, -0.2) is 31.1 Å². The average molecular weight is 489 g/mol. The standard InChI is InChI=1S/C24H25ClN2O5S/c1-14-8-15(2)23(20(25)9-14)27(16(3)28)24-26-18(13-33-24)12-32-22(29)10-17-6-7-19(30-4)11-21(17)31-5/h6-9,11,13H,10,12H2,1-5H3. The molecule has 3 rings (SSSR count). The SMILES string of the molecule is COc1ccc(CC(=O)OCc2csc(N(C(C)=O)c3c(C)cc(C)cc3Cl)n2)c(OC)c1. The first-order chi connectivity index (χ1) is 15.7. The van der Waals surface area contributed by atoms with E-state index in [1.165, 1.54) is 30.3 Å². The number of thiazole rings is 1. The molecule has 0 saturated carbocycles. The third kappa shape index (κ3) is 5.83. The van der Waals surface area contributed by atoms with Crippen molar-refractivity contribution in [3.63, 3.8) is 0 Å². The van der Waals surface area contributed by atoms with Crippen molar-refractivity contribution >= 4 is 45.6 Å². The van der Waals surface area contributed by atoms with Crippen molar-refractivity contribution in [1.29, 1.82) is 0 Å². The van der Waals surface area contributed by atoms with Crippen LogP contribution in [0.1, 0.15) is 29.3 Å². The molecule has 1 heterocycles. The quantitative estimate of drug-likeness (QED) is 0.395. The monoisotopic (exact) mass is 488 g/mol. The predicted octanol–water partition coefficient (Wildman–Crippen LogP) is 5.40. The van der Waals surface area contributed by atoms with Crippen LogP contribution in [0.2, 0.25) is 5.02 Å². The smallest absolute Gasteiger partial charge is 0.310 e. The summed E-state index contributed by atoms with van der Waals surface area (Å²) in [5, 5.41) is 2.68. The summed E-state index contributed by atoms with van der Waals surface area (Å²) in [6.45, 7) is 5.28. The molecule has 0 unspecified atom stereocenters. The van der Waals surface area contributed by atoms with Gasteiger partial charge < -0.3 is 14.2 Å². The molecule has 0 aliphatic carbocycles. The summed E-state index contributed by atoms with van der Waals surface area (Å²) in [6.07, 6.45) is 0.0436. The van der Waals surface area contributed by atoms with E-state index in [4.69, 9.17) is 25.8 Å². The number of methoxy groups -OCH3 is 2. The molecule has 0 spiro atoms. The fraction of sp³-hybridized carbons (Fsp3) is 0.292. The van der Waals surface area contributed by atoms with E-state index in [1.807, 2.05) is 26.0 Å². The highest BCUT2D eigenvalue weighted by atomic mass is 35.5. The number of rotatable bonds is 8. The first kappa shape index (κ1) is 24.5. The highest BCUT2D eigenvalue weighted by molar-refractivity contribution is 7.14. The number of hydrogen-bond donors (Lipinski definition) is 0. The number of carbonyl (C=O) groups is 2. The number of amides is 1. The number of nitrogens with zero attached hydrogens (tertiary/aromatic N) is 2. The number of benzene rings is 2. The molecule has 3 aromatic rings. The van der Waals surface area contributed by atoms with Crippen LogP contribution in [0.15, 0.2) is 35.7 Å². The second kappa shape index (κ2) is 10.7. The van der Waals surface area contributed by atoms with Gasteiger partial charge >= 0.3 is 5.97 Å². The lowest BCUT2D eigenvalue weighted by molar-refractivity contribution is -0.144. The van der Waals surface area contributed by atoms with Crippen molar-refractivity contribution in [2.75, 3.05) is 19.1 Å². The van der Waals surface area contributed by atoms with Crippen LogP contribution in [0.25, 0.3) is 0 Å². The van der Waals surface area contributed by atoms with Crippen molar-refractivity contribution in [2.24, 2.45) is 0 Å². The Morgan fingerprint density at radius 3 is 2.52 bits per heavy atom. The molecule has 0 N–H and O–H groups in total. The molecule has 0 bridgehead atoms. The van der Waals surface area contributed by atoms with E-state index >= 15 is 0 Å². The van der Waals surface area contributed by atoms with Crippen LogP contribution in [0, 0.1) is 13.8 Å². The van der Waals surface area contributed by atoms with E-state index in [0.717, 1.165) is 11.1 Å². The number of hydrogen-bond acceptors (Lipinski definition) is 7. The van der Waals surface area contributed by atoms with Crippen LogP contribution in [0.3, 0.4) is 0 Å². The highest BCUT2D eigenvalue weighted by Crippen LogP contribution is 2.37. The van der Waals surface area contributed by atoms with E-state index in [0.29, 0.717) is 38.6 Å². The molecule has 9 heteroatoms. The van der Waals surface area contributed by atoms with Gasteiger partial charge in [-0.15, -0.1) is 11.3 Å². The molecule has 0 saturated heterocycles. The van der Waals surface area contributed by atoms with Crippen molar-refractivity contribution < 1.29 is 23.8 Å². The molecule has 0 atom stereocenters. The summed E-state index contributed by atoms with van der Waals surface area (Å²) < 4.78 is 15.9. The first-order valence-corrected chi connectivity index (χ1v) is 11.4. The Balaban J connectivity index is 1.71. The van der Waals surface area contributed by atoms with Crippen molar-refractivity contribution in [2.45, 2.75) is 33.8 Å². The predicted molar refractivity (Wildman–Crippen MR) is 129 cm³/mol. The number of aromatic nitrogens is 1. The summed E-state index contributed by atoms with van der Waals surface area (Å²) in [7, 11) is 3.09. The van der Waals surface area contributed by atoms with Crippen molar-refractivity contribution in [3.8, 4) is 11.5 Å². The minimum Gasteiger partial charge on any atom is -0.497 e. The van der Waals surface area contributed by atoms with Gasteiger partial charge in [-0.05, 0) is 37.1 Å². The van der Waals surface area contributed by atoms with Crippen LogP contribution >= 0.6 is 22.9 Å². The summed E-state index contributed by atoms with van der Waals surface area (Å²) in [5.41, 5.74) is 3.70. The molecular weight excluding hydrogens is 464 g/mol. The van der Waals surface area contributed by atoms with Gasteiger partial charge in [-0.1, -0.05) is 23.7 Å². The maximum atomic E-state index is 12.4. The highest BCUT2D eigenvalue weighted by Gasteiger charge is 2.23. The number of aryl methyl sites for hydroxylation is 2. The van der Waals surface area contributed by atoms with Crippen LogP contribution in [0.5, 0.6) is 11.5 Å². The van der Waals surface area contributed by atoms with E-state index in [9.17, 15) is 9.59 Å². The molecule has 1 amide bonds. The Labute approximate surface area is 201 Å². The fourth-order valence-corrected chi connectivity index (χ4v) is 4.67. The van der Waals surface area contributed by atoms with Crippen molar-refractivity contribution in [3.05, 3.63) is 63.1 Å². The summed E-state index contributed by atoms with van der Waals surface area (Å²) in [5.74, 6) is 0.546. The van der Waals surface area contributed by atoms with E-state index < -0.39 is 5.97 Å². The first-order valence-electron chi connectivity index (χ1n) is 10.1. The maximum Gasteiger partial charge on any atom is 0.310 e. The topological polar surface area (TPSA) is 78.0 Å². The van der Waals surface area contributed by atoms with Crippen LogP contribution in [0.4, 0.5) is 10.8 Å². The summed E-state index contributed by atoms with van der Waals surface area (Å²) in [6, 6.07) is 9.00. The summed E-state index contributed by atoms with van der Waals surface area (Å²) >= 11 is 7.73. The van der Waals surface area contributed by atoms with E-state index in [2.05, 4.69) is 4.98 Å². The zero-order chi connectivity index (χ0) is 24.1. The van der Waals surface area contributed by atoms with Gasteiger partial charge in [0.2, 0.25) is 5.91 Å². The van der Waals surface area contributed by atoms with E-state index in [-0.39, 0.29) is 18.9 Å². The maximum absolute atomic E-state index is 12.4. The molecular formula is C24H25ClN2O5S. The van der Waals surface area contributed by atoms with Crippen molar-refractivity contribution in [1.82, 2.24) is 4.98 Å². The molecule has 0 aliphatic rings. The third-order valence-corrected chi connectivity index (χ3v) is 6.04. The molecule has 0 fully saturated rings. The average Bonchev–Trinajstić information content (AvgIpc) is 3.23. The number of esters is 1. The fourth-order valence-electron chi connectivity index (χ4n) is 3.40. The molecule has 1 aromatic heterocycles. The Kier molecular flexibility index (Phi) is 7.94. The largest absolute Gasteiger partial charge is 0.497 e. The number of carbonyl (C=O) groups excluding carboxylic acids is 2. The zero-order valence-corrected chi connectivity index (χ0v) is 20.7. The zero-order valence-electron chi connectivity index (χ0n) is 19.1. The lowest BCUT2D eigenvalue weighted by Crippen LogP contribution is -2.24. The lowest BCUT2D eigenvalue weighted by Gasteiger charge is -2.22.